The quantitative estimate of drug-likeness (QED) is 0.257. The summed E-state index contributed by atoms with van der Waals surface area (Å²) in [6, 6.07) is 6.69. The second-order valence-electron chi connectivity index (χ2n) is 12.2. The van der Waals surface area contributed by atoms with Gasteiger partial charge in [0.1, 0.15) is 29.3 Å². The summed E-state index contributed by atoms with van der Waals surface area (Å²) >= 11 is 0. The molecule has 0 bridgehead atoms. The van der Waals surface area contributed by atoms with Gasteiger partial charge in [-0.25, -0.2) is 18.7 Å². The standard InChI is InChI=1S/C31H35FN8O8/c1-31(2,3)47-29(44)36-25(8-9-27(41)42)28(43)34-15-20-13-26(37-48-20)24-7-4-18(14-33-24)22-6-5-19(12-23(22)32)40-17-21(46-30(40)45)16-39-11-10-35-38-39/h4-7,10-12,14,20-21,25H,8-9,13,15-17H2,1-3H3,(H,34,43)(H,36,44)(H,41,42)/t20-,21-,25-/m0/s1. The number of pyridine rings is 1. The van der Waals surface area contributed by atoms with Crippen LogP contribution in [-0.2, 0) is 30.4 Å². The van der Waals surface area contributed by atoms with E-state index in [1.165, 1.54) is 23.4 Å². The number of cyclic esters (lactones) is 1. The van der Waals surface area contributed by atoms with Gasteiger partial charge in [0.25, 0.3) is 0 Å². The molecule has 2 aliphatic heterocycles. The topological polar surface area (TPSA) is 199 Å². The van der Waals surface area contributed by atoms with Crippen molar-refractivity contribution < 1.29 is 43.0 Å². The molecule has 17 heteroatoms. The van der Waals surface area contributed by atoms with Gasteiger partial charge < -0.3 is 30.1 Å². The number of amides is 3. The maximum atomic E-state index is 15.2. The van der Waals surface area contributed by atoms with Crippen molar-refractivity contribution in [3.05, 3.63) is 60.4 Å². The van der Waals surface area contributed by atoms with E-state index in [0.29, 0.717) is 35.6 Å². The molecule has 254 valence electrons. The zero-order valence-corrected chi connectivity index (χ0v) is 26.5. The summed E-state index contributed by atoms with van der Waals surface area (Å²) < 4.78 is 27.4. The third-order valence-corrected chi connectivity index (χ3v) is 7.26. The fourth-order valence-corrected chi connectivity index (χ4v) is 5.01. The number of halogens is 1. The number of aromatic nitrogens is 4. The summed E-state index contributed by atoms with van der Waals surface area (Å²) in [4.78, 5) is 59.7. The highest BCUT2D eigenvalue weighted by Gasteiger charge is 2.33. The average Bonchev–Trinajstić information content (AvgIpc) is 3.79. The van der Waals surface area contributed by atoms with Crippen LogP contribution in [-0.4, -0.2) is 91.8 Å². The van der Waals surface area contributed by atoms with Crippen molar-refractivity contribution >= 4 is 35.5 Å². The number of carbonyl (C=O) groups excluding carboxylic acids is 3. The molecule has 0 saturated carbocycles. The number of rotatable bonds is 12. The van der Waals surface area contributed by atoms with E-state index in [0.717, 1.165) is 0 Å². The van der Waals surface area contributed by atoms with Crippen LogP contribution in [0, 0.1) is 5.82 Å². The number of carbonyl (C=O) groups is 4. The maximum Gasteiger partial charge on any atom is 0.414 e. The summed E-state index contributed by atoms with van der Waals surface area (Å²) in [6.07, 6.45) is 2.10. The van der Waals surface area contributed by atoms with Crippen molar-refractivity contribution in [3.63, 3.8) is 0 Å². The molecule has 5 rings (SSSR count). The number of hydrogen-bond acceptors (Lipinski definition) is 11. The lowest BCUT2D eigenvalue weighted by Gasteiger charge is -2.23. The first-order valence-corrected chi connectivity index (χ1v) is 15.1. The fraction of sp³-hybridized carbons (Fsp3) is 0.419. The molecule has 0 unspecified atom stereocenters. The Morgan fingerprint density at radius 2 is 2.00 bits per heavy atom. The Morgan fingerprint density at radius 3 is 2.67 bits per heavy atom. The molecule has 1 aromatic carbocycles. The molecule has 0 aliphatic carbocycles. The van der Waals surface area contributed by atoms with E-state index in [1.807, 2.05) is 0 Å². The minimum Gasteiger partial charge on any atom is -0.481 e. The molecule has 48 heavy (non-hydrogen) atoms. The van der Waals surface area contributed by atoms with Crippen molar-refractivity contribution in [1.82, 2.24) is 30.6 Å². The third-order valence-electron chi connectivity index (χ3n) is 7.26. The van der Waals surface area contributed by atoms with Crippen molar-refractivity contribution in [2.24, 2.45) is 5.16 Å². The van der Waals surface area contributed by atoms with Gasteiger partial charge in [-0.3, -0.25) is 19.5 Å². The summed E-state index contributed by atoms with van der Waals surface area (Å²) in [5, 5.41) is 25.8. The molecule has 1 saturated heterocycles. The first kappa shape index (κ1) is 33.7. The van der Waals surface area contributed by atoms with Gasteiger partial charge in [0.15, 0.2) is 6.10 Å². The second-order valence-corrected chi connectivity index (χ2v) is 12.2. The van der Waals surface area contributed by atoms with Crippen LogP contribution in [0.2, 0.25) is 0 Å². The molecule has 3 aromatic rings. The Kier molecular flexibility index (Phi) is 10.1. The van der Waals surface area contributed by atoms with Gasteiger partial charge in [0.2, 0.25) is 5.91 Å². The van der Waals surface area contributed by atoms with Crippen LogP contribution < -0.4 is 15.5 Å². The molecule has 3 amide bonds. The molecule has 3 N–H and O–H groups in total. The molecule has 0 radical (unpaired) electrons. The SMILES string of the molecule is CC(C)(C)OC(=O)N[C@@H](CCC(=O)O)C(=O)NC[C@@H]1CC(c2ccc(-c3ccc(N4C[C@H](Cn5ccnn5)OC4=O)cc3F)cn2)=NO1. The predicted molar refractivity (Wildman–Crippen MR) is 166 cm³/mol. The van der Waals surface area contributed by atoms with Crippen LogP contribution in [0.1, 0.15) is 45.7 Å². The Balaban J connectivity index is 1.14. The number of ether oxygens (including phenoxy) is 2. The number of anilines is 1. The van der Waals surface area contributed by atoms with Crippen LogP contribution >= 0.6 is 0 Å². The van der Waals surface area contributed by atoms with Crippen molar-refractivity contribution in [3.8, 4) is 11.1 Å². The lowest BCUT2D eigenvalue weighted by molar-refractivity contribution is -0.137. The Labute approximate surface area is 274 Å². The maximum absolute atomic E-state index is 15.2. The highest BCUT2D eigenvalue weighted by molar-refractivity contribution is 6.00. The van der Waals surface area contributed by atoms with Crippen molar-refractivity contribution in [2.45, 2.75) is 70.4 Å². The fourth-order valence-electron chi connectivity index (χ4n) is 5.01. The number of oxime groups is 1. The molecular weight excluding hydrogens is 631 g/mol. The van der Waals surface area contributed by atoms with Crippen molar-refractivity contribution in [2.75, 3.05) is 18.0 Å². The van der Waals surface area contributed by atoms with Gasteiger partial charge in [-0.2, -0.15) is 0 Å². The normalized spacial score (nSPS) is 18.0. The number of nitrogens with zero attached hydrogens (tertiary/aromatic N) is 6. The minimum atomic E-state index is -1.13. The molecule has 2 aliphatic rings. The first-order chi connectivity index (χ1) is 22.8. The number of benzene rings is 1. The lowest BCUT2D eigenvalue weighted by atomic mass is 10.0. The average molecular weight is 667 g/mol. The van der Waals surface area contributed by atoms with Crippen LogP contribution in [0.4, 0.5) is 19.7 Å². The number of aliphatic carboxylic acids is 1. The van der Waals surface area contributed by atoms with E-state index < -0.39 is 53.7 Å². The predicted octanol–water partition coefficient (Wildman–Crippen LogP) is 2.87. The van der Waals surface area contributed by atoms with E-state index in [4.69, 9.17) is 19.4 Å². The van der Waals surface area contributed by atoms with Gasteiger partial charge in [0.05, 0.1) is 37.2 Å². The lowest BCUT2D eigenvalue weighted by Crippen LogP contribution is -2.49. The highest BCUT2D eigenvalue weighted by atomic mass is 19.1. The molecule has 1 fully saturated rings. The van der Waals surface area contributed by atoms with Gasteiger partial charge in [-0.15, -0.1) is 5.10 Å². The van der Waals surface area contributed by atoms with E-state index in [-0.39, 0.29) is 31.5 Å². The monoisotopic (exact) mass is 666 g/mol. The molecular formula is C31H35FN8O8. The summed E-state index contributed by atoms with van der Waals surface area (Å²) in [5.74, 6) is -2.25. The largest absolute Gasteiger partial charge is 0.481 e. The third kappa shape index (κ3) is 8.80. The first-order valence-electron chi connectivity index (χ1n) is 15.1. The van der Waals surface area contributed by atoms with Gasteiger partial charge in [-0.1, -0.05) is 16.4 Å². The van der Waals surface area contributed by atoms with Crippen LogP contribution in [0.15, 0.2) is 54.1 Å². The molecule has 4 heterocycles. The van der Waals surface area contributed by atoms with Gasteiger partial charge in [0, 0.05) is 36.4 Å². The summed E-state index contributed by atoms with van der Waals surface area (Å²) in [7, 11) is 0. The highest BCUT2D eigenvalue weighted by Crippen LogP contribution is 2.29. The number of carboxylic acids is 1. The second kappa shape index (κ2) is 14.4. The number of carboxylic acid groups (broad SMARTS) is 1. The number of hydrogen-bond donors (Lipinski definition) is 3. The summed E-state index contributed by atoms with van der Waals surface area (Å²) in [5.41, 5.74) is 1.35. The smallest absolute Gasteiger partial charge is 0.414 e. The summed E-state index contributed by atoms with van der Waals surface area (Å²) in [6.45, 7) is 5.60. The molecule has 2 aromatic heterocycles. The minimum absolute atomic E-state index is 0.0345. The van der Waals surface area contributed by atoms with Crippen LogP contribution in [0.3, 0.4) is 0 Å². The Hall–Kier alpha value is -5.61. The van der Waals surface area contributed by atoms with Crippen LogP contribution in [0.5, 0.6) is 0 Å². The zero-order chi connectivity index (χ0) is 34.4. The number of nitrogens with one attached hydrogen (secondary N) is 2. The molecule has 16 nitrogen and oxygen atoms in total. The Morgan fingerprint density at radius 1 is 1.19 bits per heavy atom. The van der Waals surface area contributed by atoms with Gasteiger partial charge >= 0.3 is 18.2 Å². The van der Waals surface area contributed by atoms with E-state index in [9.17, 15) is 19.2 Å². The van der Waals surface area contributed by atoms with Crippen LogP contribution in [0.25, 0.3) is 11.1 Å². The zero-order valence-electron chi connectivity index (χ0n) is 26.5. The van der Waals surface area contributed by atoms with E-state index >= 15 is 4.39 Å². The van der Waals surface area contributed by atoms with E-state index in [2.05, 4.69) is 31.1 Å². The van der Waals surface area contributed by atoms with Gasteiger partial charge in [-0.05, 0) is 51.5 Å². The Bertz CT molecular complexity index is 1680. The number of alkyl carbamates (subject to hydrolysis) is 1. The van der Waals surface area contributed by atoms with E-state index in [1.54, 1.807) is 55.9 Å². The molecule has 3 atom stereocenters. The van der Waals surface area contributed by atoms with Crippen molar-refractivity contribution in [1.29, 1.82) is 0 Å². The molecule has 0 spiro atoms.